The quantitative estimate of drug-likeness (QED) is 0.840. The molecule has 1 aromatic rings. The summed E-state index contributed by atoms with van der Waals surface area (Å²) in [6.07, 6.45) is 5.55. The highest BCUT2D eigenvalue weighted by molar-refractivity contribution is 7.99. The fourth-order valence-electron chi connectivity index (χ4n) is 2.10. The molecule has 0 amide bonds. The Morgan fingerprint density at radius 1 is 1.58 bits per heavy atom. The number of rotatable bonds is 5. The van der Waals surface area contributed by atoms with Gasteiger partial charge in [0.15, 0.2) is 0 Å². The molecule has 1 fully saturated rings. The Kier molecular flexibility index (Phi) is 5.51. The molecule has 0 saturated carbocycles. The van der Waals surface area contributed by atoms with Crippen molar-refractivity contribution in [3.63, 3.8) is 0 Å². The summed E-state index contributed by atoms with van der Waals surface area (Å²) in [4.78, 5) is 16.1. The highest BCUT2D eigenvalue weighted by atomic mass is 32.2. The topological polar surface area (TPSA) is 51.2 Å². The van der Waals surface area contributed by atoms with Crippen LogP contribution in [0.15, 0.2) is 18.3 Å². The van der Waals surface area contributed by atoms with Gasteiger partial charge < -0.3 is 10.1 Å². The molecule has 5 heteroatoms. The van der Waals surface area contributed by atoms with Crippen molar-refractivity contribution in [1.82, 2.24) is 4.98 Å². The average Bonchev–Trinajstić information content (AvgIpc) is 2.47. The fourth-order valence-corrected chi connectivity index (χ4v) is 3.34. The maximum Gasteiger partial charge on any atom is 0.341 e. The molecule has 1 aromatic heterocycles. The molecule has 0 aromatic carbocycles. The number of pyridine rings is 1. The highest BCUT2D eigenvalue weighted by Crippen LogP contribution is 2.25. The largest absolute Gasteiger partial charge is 0.462 e. The summed E-state index contributed by atoms with van der Waals surface area (Å²) in [7, 11) is 0. The van der Waals surface area contributed by atoms with Crippen molar-refractivity contribution < 1.29 is 9.53 Å². The molecule has 1 atom stereocenters. The number of anilines is 1. The van der Waals surface area contributed by atoms with E-state index in [1.165, 1.54) is 25.0 Å². The summed E-state index contributed by atoms with van der Waals surface area (Å²) in [6, 6.07) is 3.51. The molecule has 0 radical (unpaired) electrons. The van der Waals surface area contributed by atoms with Crippen LogP contribution < -0.4 is 5.32 Å². The van der Waals surface area contributed by atoms with Crippen molar-refractivity contribution in [2.24, 2.45) is 0 Å². The van der Waals surface area contributed by atoms with Gasteiger partial charge in [0.2, 0.25) is 0 Å². The van der Waals surface area contributed by atoms with E-state index in [1.54, 1.807) is 25.3 Å². The molecule has 1 saturated heterocycles. The maximum atomic E-state index is 11.8. The lowest BCUT2D eigenvalue weighted by atomic mass is 10.2. The van der Waals surface area contributed by atoms with Gasteiger partial charge in [-0.05, 0) is 37.7 Å². The second kappa shape index (κ2) is 7.38. The van der Waals surface area contributed by atoms with Gasteiger partial charge in [0.25, 0.3) is 0 Å². The molecule has 1 aliphatic heterocycles. The SMILES string of the molecule is CCOC(=O)c1cccnc1NCC1CCCCS1. The molecular formula is C14H20N2O2S. The van der Waals surface area contributed by atoms with Crippen LogP contribution in [-0.4, -0.2) is 35.1 Å². The van der Waals surface area contributed by atoms with Gasteiger partial charge in [-0.3, -0.25) is 0 Å². The Hall–Kier alpha value is -1.23. The predicted octanol–water partition coefficient (Wildman–Crippen LogP) is 2.96. The smallest absolute Gasteiger partial charge is 0.341 e. The molecule has 1 unspecified atom stereocenters. The van der Waals surface area contributed by atoms with Crippen molar-refractivity contribution in [1.29, 1.82) is 0 Å². The second-order valence-corrected chi connectivity index (χ2v) is 5.90. The van der Waals surface area contributed by atoms with Crippen molar-refractivity contribution in [2.75, 3.05) is 24.2 Å². The van der Waals surface area contributed by atoms with E-state index in [0.29, 0.717) is 23.2 Å². The molecule has 4 nitrogen and oxygen atoms in total. The third-order valence-electron chi connectivity index (χ3n) is 3.07. The molecule has 1 N–H and O–H groups in total. The molecule has 2 rings (SSSR count). The lowest BCUT2D eigenvalue weighted by Gasteiger charge is -2.22. The number of carbonyl (C=O) groups is 1. The molecule has 104 valence electrons. The lowest BCUT2D eigenvalue weighted by molar-refractivity contribution is 0.0527. The van der Waals surface area contributed by atoms with E-state index < -0.39 is 0 Å². The number of aromatic nitrogens is 1. The number of esters is 1. The van der Waals surface area contributed by atoms with Gasteiger partial charge in [-0.15, -0.1) is 0 Å². The van der Waals surface area contributed by atoms with Crippen LogP contribution in [0, 0.1) is 0 Å². The molecule has 0 bridgehead atoms. The zero-order valence-corrected chi connectivity index (χ0v) is 12.0. The Labute approximate surface area is 118 Å². The van der Waals surface area contributed by atoms with Gasteiger partial charge in [-0.25, -0.2) is 9.78 Å². The molecule has 0 spiro atoms. The van der Waals surface area contributed by atoms with E-state index in [4.69, 9.17) is 4.74 Å². The van der Waals surface area contributed by atoms with Crippen LogP contribution >= 0.6 is 11.8 Å². The first-order valence-electron chi connectivity index (χ1n) is 6.79. The number of thioether (sulfide) groups is 1. The maximum absolute atomic E-state index is 11.8. The van der Waals surface area contributed by atoms with Crippen LogP contribution in [-0.2, 0) is 4.74 Å². The van der Waals surface area contributed by atoms with E-state index >= 15 is 0 Å². The predicted molar refractivity (Wildman–Crippen MR) is 78.8 cm³/mol. The summed E-state index contributed by atoms with van der Waals surface area (Å²) >= 11 is 2.00. The van der Waals surface area contributed by atoms with Gasteiger partial charge >= 0.3 is 5.97 Å². The van der Waals surface area contributed by atoms with Crippen molar-refractivity contribution >= 4 is 23.5 Å². The third-order valence-corrected chi connectivity index (χ3v) is 4.47. The molecule has 19 heavy (non-hydrogen) atoms. The van der Waals surface area contributed by atoms with Gasteiger partial charge in [0, 0.05) is 18.0 Å². The average molecular weight is 280 g/mol. The summed E-state index contributed by atoms with van der Waals surface area (Å²) < 4.78 is 5.04. The molecule has 1 aliphatic rings. The number of ether oxygens (including phenoxy) is 1. The Morgan fingerprint density at radius 3 is 3.21 bits per heavy atom. The van der Waals surface area contributed by atoms with Gasteiger partial charge in [-0.1, -0.05) is 6.42 Å². The Morgan fingerprint density at radius 2 is 2.47 bits per heavy atom. The van der Waals surface area contributed by atoms with Gasteiger partial charge in [0.05, 0.1) is 6.61 Å². The zero-order chi connectivity index (χ0) is 13.5. The minimum atomic E-state index is -0.311. The van der Waals surface area contributed by atoms with Gasteiger partial charge in [0.1, 0.15) is 11.4 Å². The van der Waals surface area contributed by atoms with Crippen LogP contribution in [0.4, 0.5) is 5.82 Å². The van der Waals surface area contributed by atoms with E-state index in [9.17, 15) is 4.79 Å². The molecule has 2 heterocycles. The first kappa shape index (κ1) is 14.2. The first-order chi connectivity index (χ1) is 9.31. The van der Waals surface area contributed by atoms with Crippen molar-refractivity contribution in [2.45, 2.75) is 31.4 Å². The summed E-state index contributed by atoms with van der Waals surface area (Å²) in [6.45, 7) is 3.04. The number of hydrogen-bond acceptors (Lipinski definition) is 5. The Balaban J connectivity index is 1.97. The summed E-state index contributed by atoms with van der Waals surface area (Å²) in [5.41, 5.74) is 0.519. The number of hydrogen-bond donors (Lipinski definition) is 1. The van der Waals surface area contributed by atoms with Crippen molar-refractivity contribution in [3.05, 3.63) is 23.9 Å². The van der Waals surface area contributed by atoms with Crippen LogP contribution in [0.25, 0.3) is 0 Å². The van der Waals surface area contributed by atoms with E-state index in [-0.39, 0.29) is 5.97 Å². The Bertz CT molecular complexity index is 420. The summed E-state index contributed by atoms with van der Waals surface area (Å²) in [5.74, 6) is 1.56. The second-order valence-electron chi connectivity index (χ2n) is 4.49. The standard InChI is InChI=1S/C14H20N2O2S/c1-2-18-14(17)12-7-5-8-15-13(12)16-10-11-6-3-4-9-19-11/h5,7-8,11H,2-4,6,9-10H2,1H3,(H,15,16). The normalized spacial score (nSPS) is 18.9. The van der Waals surface area contributed by atoms with Crippen LogP contribution in [0.5, 0.6) is 0 Å². The number of carbonyl (C=O) groups excluding carboxylic acids is 1. The number of nitrogens with one attached hydrogen (secondary N) is 1. The number of nitrogens with zero attached hydrogens (tertiary/aromatic N) is 1. The van der Waals surface area contributed by atoms with E-state index in [0.717, 1.165) is 6.54 Å². The third kappa shape index (κ3) is 4.13. The molecular weight excluding hydrogens is 260 g/mol. The van der Waals surface area contributed by atoms with Crippen LogP contribution in [0.2, 0.25) is 0 Å². The lowest BCUT2D eigenvalue weighted by Crippen LogP contribution is -2.21. The van der Waals surface area contributed by atoms with Crippen molar-refractivity contribution in [3.8, 4) is 0 Å². The zero-order valence-electron chi connectivity index (χ0n) is 11.2. The van der Waals surface area contributed by atoms with Crippen LogP contribution in [0.1, 0.15) is 36.5 Å². The summed E-state index contributed by atoms with van der Waals surface area (Å²) in [5, 5.41) is 3.91. The fraction of sp³-hybridized carbons (Fsp3) is 0.571. The molecule has 0 aliphatic carbocycles. The minimum Gasteiger partial charge on any atom is -0.462 e. The first-order valence-corrected chi connectivity index (χ1v) is 7.83. The monoisotopic (exact) mass is 280 g/mol. The van der Waals surface area contributed by atoms with Crippen LogP contribution in [0.3, 0.4) is 0 Å². The highest BCUT2D eigenvalue weighted by Gasteiger charge is 2.17. The van der Waals surface area contributed by atoms with E-state index in [2.05, 4.69) is 10.3 Å². The van der Waals surface area contributed by atoms with E-state index in [1.807, 2.05) is 11.8 Å². The minimum absolute atomic E-state index is 0.311. The van der Waals surface area contributed by atoms with Gasteiger partial charge in [-0.2, -0.15) is 11.8 Å².